The van der Waals surface area contributed by atoms with Gasteiger partial charge in [-0.3, -0.25) is 14.3 Å². The molecule has 0 unspecified atom stereocenters. The Morgan fingerprint density at radius 2 is 2.03 bits per heavy atom. The first-order valence-electron chi connectivity index (χ1n) is 10.5. The van der Waals surface area contributed by atoms with Crippen molar-refractivity contribution in [1.82, 2.24) is 9.78 Å². The zero-order chi connectivity index (χ0) is 24.2. The lowest BCUT2D eigenvalue weighted by atomic mass is 10.1. The molecule has 0 fully saturated rings. The quantitative estimate of drug-likeness (QED) is 0.312. The van der Waals surface area contributed by atoms with Crippen LogP contribution in [-0.4, -0.2) is 40.7 Å². The van der Waals surface area contributed by atoms with Crippen molar-refractivity contribution in [3.05, 3.63) is 81.6 Å². The number of amides is 1. The van der Waals surface area contributed by atoms with Crippen molar-refractivity contribution in [2.24, 2.45) is 0 Å². The van der Waals surface area contributed by atoms with Crippen molar-refractivity contribution < 1.29 is 23.9 Å². The molecule has 2 aromatic carbocycles. The van der Waals surface area contributed by atoms with E-state index in [9.17, 15) is 14.4 Å². The SMILES string of the molecule is Cc1nn(Cc2ccccc2Cl)c(C)c1/C=C/C(=O)OCC(=O)c1ccc2c(c1)NC(=O)CO2. The molecule has 1 amide bonds. The third-order valence-corrected chi connectivity index (χ3v) is 5.75. The van der Waals surface area contributed by atoms with Crippen LogP contribution < -0.4 is 10.1 Å². The van der Waals surface area contributed by atoms with E-state index < -0.39 is 18.4 Å². The summed E-state index contributed by atoms with van der Waals surface area (Å²) in [4.78, 5) is 36.1. The molecule has 1 N–H and O–H groups in total. The first kappa shape index (κ1) is 23.3. The number of aryl methyl sites for hydroxylation is 1. The Balaban J connectivity index is 1.37. The Morgan fingerprint density at radius 3 is 2.82 bits per heavy atom. The molecular formula is C25H22ClN3O5. The van der Waals surface area contributed by atoms with Gasteiger partial charge in [-0.05, 0) is 49.8 Å². The lowest BCUT2D eigenvalue weighted by Crippen LogP contribution is -2.25. The van der Waals surface area contributed by atoms with Crippen molar-refractivity contribution in [3.63, 3.8) is 0 Å². The van der Waals surface area contributed by atoms with Crippen LogP contribution >= 0.6 is 11.6 Å². The Morgan fingerprint density at radius 1 is 1.24 bits per heavy atom. The molecule has 0 bridgehead atoms. The second-order valence-electron chi connectivity index (χ2n) is 7.75. The Labute approximate surface area is 201 Å². The van der Waals surface area contributed by atoms with Crippen LogP contribution in [0.15, 0.2) is 48.5 Å². The monoisotopic (exact) mass is 479 g/mol. The number of carbonyl (C=O) groups excluding carboxylic acids is 3. The molecule has 4 rings (SSSR count). The van der Waals surface area contributed by atoms with Gasteiger partial charge < -0.3 is 14.8 Å². The highest BCUT2D eigenvalue weighted by Gasteiger charge is 2.18. The fourth-order valence-electron chi connectivity index (χ4n) is 3.57. The van der Waals surface area contributed by atoms with E-state index in [1.54, 1.807) is 18.2 Å². The molecule has 34 heavy (non-hydrogen) atoms. The van der Waals surface area contributed by atoms with E-state index in [1.807, 2.05) is 42.8 Å². The van der Waals surface area contributed by atoms with Gasteiger partial charge in [-0.15, -0.1) is 0 Å². The highest BCUT2D eigenvalue weighted by molar-refractivity contribution is 6.31. The summed E-state index contributed by atoms with van der Waals surface area (Å²) in [6, 6.07) is 12.2. The van der Waals surface area contributed by atoms with Crippen LogP contribution in [0, 0.1) is 13.8 Å². The number of rotatable bonds is 7. The summed E-state index contributed by atoms with van der Waals surface area (Å²) in [5, 5.41) is 7.84. The van der Waals surface area contributed by atoms with E-state index >= 15 is 0 Å². The number of fused-ring (bicyclic) bond motifs is 1. The molecule has 0 saturated heterocycles. The first-order chi connectivity index (χ1) is 16.3. The average molecular weight is 480 g/mol. The highest BCUT2D eigenvalue weighted by atomic mass is 35.5. The summed E-state index contributed by atoms with van der Waals surface area (Å²) in [6.45, 7) is 3.77. The first-order valence-corrected chi connectivity index (χ1v) is 10.9. The van der Waals surface area contributed by atoms with Crippen molar-refractivity contribution in [2.75, 3.05) is 18.5 Å². The van der Waals surface area contributed by atoms with E-state index in [-0.39, 0.29) is 12.5 Å². The molecule has 1 aromatic heterocycles. The van der Waals surface area contributed by atoms with Crippen LogP contribution in [-0.2, 0) is 20.9 Å². The maximum Gasteiger partial charge on any atom is 0.331 e. The van der Waals surface area contributed by atoms with Gasteiger partial charge in [-0.25, -0.2) is 4.79 Å². The fourth-order valence-corrected chi connectivity index (χ4v) is 3.77. The van der Waals surface area contributed by atoms with E-state index in [0.29, 0.717) is 28.6 Å². The van der Waals surface area contributed by atoms with Gasteiger partial charge in [-0.1, -0.05) is 29.8 Å². The molecular weight excluding hydrogens is 458 g/mol. The second kappa shape index (κ2) is 9.93. The molecule has 1 aliphatic rings. The smallest absolute Gasteiger partial charge is 0.331 e. The van der Waals surface area contributed by atoms with Gasteiger partial charge in [0.2, 0.25) is 0 Å². The molecule has 9 heteroatoms. The molecule has 174 valence electrons. The van der Waals surface area contributed by atoms with Crippen molar-refractivity contribution in [3.8, 4) is 5.75 Å². The van der Waals surface area contributed by atoms with E-state index in [2.05, 4.69) is 10.4 Å². The summed E-state index contributed by atoms with van der Waals surface area (Å²) < 4.78 is 12.2. The number of anilines is 1. The standard InChI is InChI=1S/C25H22ClN3O5/c1-15-19(16(2)29(28-15)12-18-5-3-4-6-20(18)26)8-10-25(32)34-13-22(30)17-7-9-23-21(11-17)27-24(31)14-33-23/h3-11H,12-14H2,1-2H3,(H,27,31)/b10-8+. The molecule has 0 atom stereocenters. The number of aromatic nitrogens is 2. The maximum absolute atomic E-state index is 12.4. The zero-order valence-electron chi connectivity index (χ0n) is 18.6. The number of ether oxygens (including phenoxy) is 2. The topological polar surface area (TPSA) is 99.5 Å². The molecule has 2 heterocycles. The fraction of sp³-hybridized carbons (Fsp3) is 0.200. The Bertz CT molecular complexity index is 1310. The lowest BCUT2D eigenvalue weighted by molar-refractivity contribution is -0.136. The Hall–Kier alpha value is -3.91. The molecule has 0 spiro atoms. The van der Waals surface area contributed by atoms with E-state index in [0.717, 1.165) is 22.5 Å². The van der Waals surface area contributed by atoms with E-state index in [1.165, 1.54) is 12.1 Å². The Kier molecular flexibility index (Phi) is 6.79. The van der Waals surface area contributed by atoms with E-state index in [4.69, 9.17) is 21.1 Å². The molecule has 0 aliphatic carbocycles. The van der Waals surface area contributed by atoms with Crippen LogP contribution in [0.3, 0.4) is 0 Å². The number of hydrogen-bond donors (Lipinski definition) is 1. The van der Waals surface area contributed by atoms with Crippen molar-refractivity contribution >= 4 is 41.0 Å². The molecule has 3 aromatic rings. The molecule has 0 saturated carbocycles. The summed E-state index contributed by atoms with van der Waals surface area (Å²) in [6.07, 6.45) is 2.89. The third kappa shape index (κ3) is 5.18. The number of carbonyl (C=O) groups is 3. The summed E-state index contributed by atoms with van der Waals surface area (Å²) in [5.41, 5.74) is 4.07. The average Bonchev–Trinajstić information content (AvgIpc) is 3.09. The number of nitrogens with one attached hydrogen (secondary N) is 1. The van der Waals surface area contributed by atoms with Crippen LogP contribution in [0.4, 0.5) is 5.69 Å². The van der Waals surface area contributed by atoms with Gasteiger partial charge in [0.05, 0.1) is 17.9 Å². The van der Waals surface area contributed by atoms with Gasteiger partial charge in [0, 0.05) is 27.9 Å². The van der Waals surface area contributed by atoms with Gasteiger partial charge in [0.15, 0.2) is 19.0 Å². The van der Waals surface area contributed by atoms with Gasteiger partial charge >= 0.3 is 5.97 Å². The number of Topliss-reactive ketones (excluding diaryl/α,β-unsaturated/α-hetero) is 1. The summed E-state index contributed by atoms with van der Waals surface area (Å²) in [7, 11) is 0. The highest BCUT2D eigenvalue weighted by Crippen LogP contribution is 2.28. The molecule has 1 aliphatic heterocycles. The number of nitrogens with zero attached hydrogens (tertiary/aromatic N) is 2. The van der Waals surface area contributed by atoms with Crippen molar-refractivity contribution in [1.29, 1.82) is 0 Å². The van der Waals surface area contributed by atoms with Gasteiger partial charge in [0.1, 0.15) is 5.75 Å². The van der Waals surface area contributed by atoms with Crippen LogP contribution in [0.2, 0.25) is 5.02 Å². The zero-order valence-corrected chi connectivity index (χ0v) is 19.4. The summed E-state index contributed by atoms with van der Waals surface area (Å²) in [5.74, 6) is -0.865. The predicted octanol–water partition coefficient (Wildman–Crippen LogP) is 3.97. The second-order valence-corrected chi connectivity index (χ2v) is 8.15. The number of ketones is 1. The largest absolute Gasteiger partial charge is 0.482 e. The minimum Gasteiger partial charge on any atom is -0.482 e. The molecule has 0 radical (unpaired) electrons. The number of halogens is 1. The minimum atomic E-state index is -0.652. The van der Waals surface area contributed by atoms with Crippen LogP contribution in [0.5, 0.6) is 5.75 Å². The van der Waals surface area contributed by atoms with Crippen molar-refractivity contribution in [2.45, 2.75) is 20.4 Å². The summed E-state index contributed by atoms with van der Waals surface area (Å²) >= 11 is 6.25. The number of esters is 1. The number of benzene rings is 2. The van der Waals surface area contributed by atoms with Gasteiger partial charge in [0.25, 0.3) is 5.91 Å². The normalized spacial score (nSPS) is 12.7. The van der Waals surface area contributed by atoms with Crippen LogP contribution in [0.25, 0.3) is 6.08 Å². The molecule has 8 nitrogen and oxygen atoms in total. The maximum atomic E-state index is 12.4. The minimum absolute atomic E-state index is 0.0674. The lowest BCUT2D eigenvalue weighted by Gasteiger charge is -2.18. The van der Waals surface area contributed by atoms with Crippen LogP contribution in [0.1, 0.15) is 32.9 Å². The third-order valence-electron chi connectivity index (χ3n) is 5.38. The van der Waals surface area contributed by atoms with Gasteiger partial charge in [-0.2, -0.15) is 5.10 Å². The number of hydrogen-bond acceptors (Lipinski definition) is 6. The predicted molar refractivity (Wildman–Crippen MR) is 127 cm³/mol.